The molecule has 2 heterocycles. The van der Waals surface area contributed by atoms with E-state index in [4.69, 9.17) is 0 Å². The Labute approximate surface area is 93.6 Å². The van der Waals surface area contributed by atoms with E-state index in [9.17, 15) is 19.1 Å². The van der Waals surface area contributed by atoms with Crippen LogP contribution in [0.25, 0.3) is 0 Å². The van der Waals surface area contributed by atoms with E-state index in [1.165, 1.54) is 12.3 Å². The SMILES string of the molecule is O=c1ccn([C@@]2(CO)C=C(F)CS2)c(=O)[nH]1. The van der Waals surface area contributed by atoms with Gasteiger partial charge in [-0.05, 0) is 6.08 Å². The summed E-state index contributed by atoms with van der Waals surface area (Å²) in [6, 6.07) is 1.16. The van der Waals surface area contributed by atoms with E-state index in [-0.39, 0.29) is 5.75 Å². The summed E-state index contributed by atoms with van der Waals surface area (Å²) in [6.45, 7) is -0.420. The van der Waals surface area contributed by atoms with Gasteiger partial charge < -0.3 is 5.11 Å². The van der Waals surface area contributed by atoms with Gasteiger partial charge in [0.2, 0.25) is 0 Å². The first-order chi connectivity index (χ1) is 7.57. The zero-order chi connectivity index (χ0) is 11.8. The smallest absolute Gasteiger partial charge is 0.329 e. The number of nitrogens with zero attached hydrogens (tertiary/aromatic N) is 1. The minimum absolute atomic E-state index is 0.103. The van der Waals surface area contributed by atoms with Gasteiger partial charge in [0.05, 0.1) is 6.61 Å². The maximum atomic E-state index is 13.0. The summed E-state index contributed by atoms with van der Waals surface area (Å²) in [5, 5.41) is 9.30. The molecular formula is C9H9FN2O3S. The summed E-state index contributed by atoms with van der Waals surface area (Å²) in [5.41, 5.74) is -1.19. The van der Waals surface area contributed by atoms with Gasteiger partial charge in [0, 0.05) is 18.0 Å². The minimum Gasteiger partial charge on any atom is -0.393 e. The fourth-order valence-corrected chi connectivity index (χ4v) is 2.60. The van der Waals surface area contributed by atoms with Crippen LogP contribution in [0.5, 0.6) is 0 Å². The molecule has 1 atom stereocenters. The van der Waals surface area contributed by atoms with Crippen LogP contribution in [0.1, 0.15) is 0 Å². The van der Waals surface area contributed by atoms with Crippen LogP contribution in [0, 0.1) is 0 Å². The number of thioether (sulfide) groups is 1. The Bertz CT molecular complexity index is 550. The third-order valence-electron chi connectivity index (χ3n) is 2.30. The first-order valence-corrected chi connectivity index (χ1v) is 5.50. The van der Waals surface area contributed by atoms with Crippen LogP contribution in [0.3, 0.4) is 0 Å². The Balaban J connectivity index is 2.58. The summed E-state index contributed by atoms with van der Waals surface area (Å²) in [6.07, 6.45) is 2.44. The number of hydrogen-bond acceptors (Lipinski definition) is 4. The van der Waals surface area contributed by atoms with Gasteiger partial charge in [-0.25, -0.2) is 9.18 Å². The number of hydrogen-bond donors (Lipinski definition) is 2. The molecule has 1 aromatic rings. The zero-order valence-corrected chi connectivity index (χ0v) is 8.96. The van der Waals surface area contributed by atoms with Gasteiger partial charge in [-0.15, -0.1) is 11.8 Å². The van der Waals surface area contributed by atoms with E-state index in [0.717, 1.165) is 22.4 Å². The predicted molar refractivity (Wildman–Crippen MR) is 58.0 cm³/mol. The molecule has 2 rings (SSSR count). The van der Waals surface area contributed by atoms with Gasteiger partial charge in [-0.1, -0.05) is 0 Å². The Kier molecular flexibility index (Phi) is 2.73. The first-order valence-electron chi connectivity index (χ1n) is 4.52. The van der Waals surface area contributed by atoms with Crippen LogP contribution in [-0.2, 0) is 4.87 Å². The quantitative estimate of drug-likeness (QED) is 0.754. The number of aliphatic hydroxyl groups is 1. The standard InChI is InChI=1S/C9H9FN2O3S/c10-6-3-9(5-13,16-4-6)12-2-1-7(14)11-8(12)15/h1-3,13H,4-5H2,(H,11,14,15)/t9-/m0/s1. The van der Waals surface area contributed by atoms with E-state index in [1.807, 2.05) is 0 Å². The normalized spacial score (nSPS) is 24.5. The maximum absolute atomic E-state index is 13.0. The summed E-state index contributed by atoms with van der Waals surface area (Å²) >= 11 is 1.09. The molecule has 5 nitrogen and oxygen atoms in total. The van der Waals surface area contributed by atoms with E-state index in [2.05, 4.69) is 4.98 Å². The van der Waals surface area contributed by atoms with Crippen LogP contribution in [0.4, 0.5) is 4.39 Å². The number of H-pyrrole nitrogens is 1. The Hall–Kier alpha value is -1.34. The van der Waals surface area contributed by atoms with Gasteiger partial charge in [-0.3, -0.25) is 14.3 Å². The number of nitrogens with one attached hydrogen (secondary N) is 1. The molecule has 1 aliphatic rings. The number of aromatic amines is 1. The lowest BCUT2D eigenvalue weighted by Crippen LogP contribution is -2.41. The largest absolute Gasteiger partial charge is 0.393 e. The molecule has 1 aromatic heterocycles. The van der Waals surface area contributed by atoms with Crippen molar-refractivity contribution in [2.45, 2.75) is 4.87 Å². The van der Waals surface area contributed by atoms with Crippen molar-refractivity contribution in [2.24, 2.45) is 0 Å². The van der Waals surface area contributed by atoms with Crippen molar-refractivity contribution in [3.8, 4) is 0 Å². The van der Waals surface area contributed by atoms with Crippen molar-refractivity contribution in [1.82, 2.24) is 9.55 Å². The lowest BCUT2D eigenvalue weighted by Gasteiger charge is -2.25. The van der Waals surface area contributed by atoms with Crippen LogP contribution in [0.2, 0.25) is 0 Å². The van der Waals surface area contributed by atoms with Gasteiger partial charge >= 0.3 is 5.69 Å². The molecule has 0 saturated heterocycles. The lowest BCUT2D eigenvalue weighted by molar-refractivity contribution is 0.231. The third kappa shape index (κ3) is 1.72. The van der Waals surface area contributed by atoms with Crippen LogP contribution >= 0.6 is 11.8 Å². The average molecular weight is 244 g/mol. The second-order valence-electron chi connectivity index (χ2n) is 3.36. The molecular weight excluding hydrogens is 235 g/mol. The van der Waals surface area contributed by atoms with Crippen molar-refractivity contribution in [3.05, 3.63) is 45.0 Å². The molecule has 0 spiro atoms. The van der Waals surface area contributed by atoms with Crippen molar-refractivity contribution < 1.29 is 9.50 Å². The highest BCUT2D eigenvalue weighted by Crippen LogP contribution is 2.39. The highest BCUT2D eigenvalue weighted by molar-refractivity contribution is 8.00. The van der Waals surface area contributed by atoms with Crippen LogP contribution < -0.4 is 11.2 Å². The Morgan fingerprint density at radius 3 is 2.88 bits per heavy atom. The maximum Gasteiger partial charge on any atom is 0.329 e. The van der Waals surface area contributed by atoms with Crippen molar-refractivity contribution in [2.75, 3.05) is 12.4 Å². The fourth-order valence-electron chi connectivity index (χ4n) is 1.54. The van der Waals surface area contributed by atoms with E-state index >= 15 is 0 Å². The highest BCUT2D eigenvalue weighted by atomic mass is 32.2. The topological polar surface area (TPSA) is 75.1 Å². The summed E-state index contributed by atoms with van der Waals surface area (Å²) in [7, 11) is 0. The summed E-state index contributed by atoms with van der Waals surface area (Å²) in [4.78, 5) is 23.3. The second-order valence-corrected chi connectivity index (χ2v) is 4.65. The van der Waals surface area contributed by atoms with Crippen LogP contribution in [-0.4, -0.2) is 27.0 Å². The molecule has 0 amide bonds. The minimum atomic E-state index is -1.15. The number of aromatic nitrogens is 2. The van der Waals surface area contributed by atoms with Gasteiger partial charge in [0.15, 0.2) is 0 Å². The molecule has 0 aliphatic carbocycles. The second kappa shape index (κ2) is 3.91. The highest BCUT2D eigenvalue weighted by Gasteiger charge is 2.36. The number of rotatable bonds is 2. The molecule has 0 saturated carbocycles. The van der Waals surface area contributed by atoms with Crippen molar-refractivity contribution in [1.29, 1.82) is 0 Å². The molecule has 0 bridgehead atoms. The zero-order valence-electron chi connectivity index (χ0n) is 8.14. The fraction of sp³-hybridized carbons (Fsp3) is 0.333. The Morgan fingerprint density at radius 2 is 2.38 bits per heavy atom. The Morgan fingerprint density at radius 1 is 1.62 bits per heavy atom. The lowest BCUT2D eigenvalue weighted by atomic mass is 10.2. The van der Waals surface area contributed by atoms with E-state index in [1.54, 1.807) is 0 Å². The first kappa shape index (κ1) is 11.2. The molecule has 0 unspecified atom stereocenters. The number of aliphatic hydroxyl groups excluding tert-OH is 1. The number of halogens is 1. The molecule has 2 N–H and O–H groups in total. The molecule has 1 aliphatic heterocycles. The van der Waals surface area contributed by atoms with Crippen molar-refractivity contribution >= 4 is 11.8 Å². The van der Waals surface area contributed by atoms with E-state index < -0.39 is 28.6 Å². The predicted octanol–water partition coefficient (Wildman–Crippen LogP) is -0.218. The van der Waals surface area contributed by atoms with E-state index in [0.29, 0.717) is 0 Å². The third-order valence-corrected chi connectivity index (χ3v) is 3.66. The van der Waals surface area contributed by atoms with Crippen LogP contribution in [0.15, 0.2) is 33.8 Å². The van der Waals surface area contributed by atoms with Gasteiger partial charge in [0.1, 0.15) is 10.7 Å². The molecule has 0 fully saturated rings. The summed E-state index contributed by atoms with van der Waals surface area (Å²) < 4.78 is 14.2. The molecule has 0 radical (unpaired) electrons. The molecule has 16 heavy (non-hydrogen) atoms. The molecule has 7 heteroatoms. The molecule has 86 valence electrons. The van der Waals surface area contributed by atoms with Crippen molar-refractivity contribution in [3.63, 3.8) is 0 Å². The van der Waals surface area contributed by atoms with Gasteiger partial charge in [-0.2, -0.15) is 0 Å². The molecule has 0 aromatic carbocycles. The monoisotopic (exact) mass is 244 g/mol. The summed E-state index contributed by atoms with van der Waals surface area (Å²) in [5.74, 6) is -0.288. The van der Waals surface area contributed by atoms with Gasteiger partial charge in [0.25, 0.3) is 5.56 Å². The average Bonchev–Trinajstić information content (AvgIpc) is 2.61.